The van der Waals surface area contributed by atoms with Gasteiger partial charge in [-0.25, -0.2) is 0 Å². The smallest absolute Gasteiger partial charge is 0.0579 e. The van der Waals surface area contributed by atoms with Gasteiger partial charge in [0.05, 0.1) is 6.04 Å². The van der Waals surface area contributed by atoms with Crippen molar-refractivity contribution in [3.8, 4) is 0 Å². The lowest BCUT2D eigenvalue weighted by molar-refractivity contribution is 0.596. The lowest BCUT2D eigenvalue weighted by Crippen LogP contribution is -2.24. The first-order chi connectivity index (χ1) is 9.63. The van der Waals surface area contributed by atoms with Crippen molar-refractivity contribution in [3.63, 3.8) is 0 Å². The molecule has 1 atom stereocenters. The molecule has 0 aliphatic rings. The maximum Gasteiger partial charge on any atom is 0.0579 e. The maximum absolute atomic E-state index is 3.68. The summed E-state index contributed by atoms with van der Waals surface area (Å²) in [6.45, 7) is 7.54. The number of benzene rings is 2. The molecule has 0 bridgehead atoms. The van der Waals surface area contributed by atoms with Gasteiger partial charge in [-0.3, -0.25) is 0 Å². The first kappa shape index (κ1) is 15.3. The zero-order valence-electron chi connectivity index (χ0n) is 12.4. The van der Waals surface area contributed by atoms with Crippen LogP contribution in [-0.2, 0) is 0 Å². The predicted octanol–water partition coefficient (Wildman–Crippen LogP) is 5.15. The molecule has 0 amide bonds. The second kappa shape index (κ2) is 7.05. The number of aryl methyl sites for hydroxylation is 1. The molecule has 1 N–H and O–H groups in total. The van der Waals surface area contributed by atoms with Crippen molar-refractivity contribution in [3.05, 3.63) is 69.2 Å². The predicted molar refractivity (Wildman–Crippen MR) is 90.2 cm³/mol. The van der Waals surface area contributed by atoms with Crippen LogP contribution < -0.4 is 5.32 Å². The molecule has 0 saturated carbocycles. The normalized spacial score (nSPS) is 12.4. The second-order valence-corrected chi connectivity index (χ2v) is 6.11. The first-order valence-electron chi connectivity index (χ1n) is 7.18. The van der Waals surface area contributed by atoms with E-state index in [1.54, 1.807) is 0 Å². The third-order valence-electron chi connectivity index (χ3n) is 3.59. The van der Waals surface area contributed by atoms with E-state index in [0.29, 0.717) is 0 Å². The van der Waals surface area contributed by atoms with Gasteiger partial charge in [-0.1, -0.05) is 64.8 Å². The van der Waals surface area contributed by atoms with Gasteiger partial charge >= 0.3 is 0 Å². The molecule has 1 nitrogen and oxygen atoms in total. The van der Waals surface area contributed by atoms with Crippen molar-refractivity contribution in [1.82, 2.24) is 5.32 Å². The molecule has 106 valence electrons. The Hall–Kier alpha value is -1.12. The fraction of sp³-hybridized carbons (Fsp3) is 0.333. The molecule has 0 spiro atoms. The van der Waals surface area contributed by atoms with Crippen LogP contribution in [0.25, 0.3) is 0 Å². The Balaban J connectivity index is 2.44. The minimum Gasteiger partial charge on any atom is -0.306 e. The van der Waals surface area contributed by atoms with Gasteiger partial charge in [0.25, 0.3) is 0 Å². The third-order valence-corrected chi connectivity index (χ3v) is 4.45. The Kier molecular flexibility index (Phi) is 5.38. The number of nitrogens with one attached hydrogen (secondary N) is 1. The lowest BCUT2D eigenvalue weighted by Gasteiger charge is -2.22. The molecular weight excluding hydrogens is 310 g/mol. The van der Waals surface area contributed by atoms with Gasteiger partial charge in [-0.2, -0.15) is 0 Å². The summed E-state index contributed by atoms with van der Waals surface area (Å²) in [6, 6.07) is 15.5. The highest BCUT2D eigenvalue weighted by molar-refractivity contribution is 9.10. The molecule has 0 radical (unpaired) electrons. The molecule has 2 heteroatoms. The van der Waals surface area contributed by atoms with E-state index >= 15 is 0 Å². The van der Waals surface area contributed by atoms with Crippen LogP contribution in [0.3, 0.4) is 0 Å². The lowest BCUT2D eigenvalue weighted by atomic mass is 9.94. The number of hydrogen-bond donors (Lipinski definition) is 1. The van der Waals surface area contributed by atoms with Crippen LogP contribution in [0, 0.1) is 13.8 Å². The van der Waals surface area contributed by atoms with Gasteiger partial charge in [0, 0.05) is 4.47 Å². The molecule has 0 saturated heterocycles. The standard InChI is InChI=1S/C18H22BrN/c1-4-11-20-18(15-8-5-7-13(2)12-15)16-9-6-10-17(19)14(16)3/h5-10,12,18,20H,4,11H2,1-3H3. The summed E-state index contributed by atoms with van der Waals surface area (Å²) in [5.41, 5.74) is 5.29. The highest BCUT2D eigenvalue weighted by Crippen LogP contribution is 2.29. The summed E-state index contributed by atoms with van der Waals surface area (Å²) in [7, 11) is 0. The van der Waals surface area contributed by atoms with E-state index in [0.717, 1.165) is 13.0 Å². The van der Waals surface area contributed by atoms with E-state index in [1.807, 2.05) is 0 Å². The van der Waals surface area contributed by atoms with Crippen molar-refractivity contribution in [2.45, 2.75) is 33.2 Å². The van der Waals surface area contributed by atoms with Crippen molar-refractivity contribution in [2.24, 2.45) is 0 Å². The minimum atomic E-state index is 0.257. The maximum atomic E-state index is 3.68. The van der Waals surface area contributed by atoms with Gasteiger partial charge in [0.2, 0.25) is 0 Å². The molecule has 0 heterocycles. The van der Waals surface area contributed by atoms with Gasteiger partial charge in [0.1, 0.15) is 0 Å². The van der Waals surface area contributed by atoms with E-state index in [4.69, 9.17) is 0 Å². The van der Waals surface area contributed by atoms with Crippen LogP contribution in [0.2, 0.25) is 0 Å². The summed E-state index contributed by atoms with van der Waals surface area (Å²) in [5.74, 6) is 0. The highest BCUT2D eigenvalue weighted by atomic mass is 79.9. The fourth-order valence-electron chi connectivity index (χ4n) is 2.48. The van der Waals surface area contributed by atoms with Crippen LogP contribution in [0.15, 0.2) is 46.9 Å². The largest absolute Gasteiger partial charge is 0.306 e. The third kappa shape index (κ3) is 3.50. The van der Waals surface area contributed by atoms with Gasteiger partial charge in [0.15, 0.2) is 0 Å². The SMILES string of the molecule is CCCNC(c1cccc(C)c1)c1cccc(Br)c1C. The molecule has 2 aromatic carbocycles. The molecule has 2 rings (SSSR count). The molecule has 0 aromatic heterocycles. The zero-order chi connectivity index (χ0) is 14.5. The van der Waals surface area contributed by atoms with E-state index in [9.17, 15) is 0 Å². The van der Waals surface area contributed by atoms with Crippen molar-refractivity contribution in [1.29, 1.82) is 0 Å². The molecule has 1 unspecified atom stereocenters. The van der Waals surface area contributed by atoms with E-state index < -0.39 is 0 Å². The summed E-state index contributed by atoms with van der Waals surface area (Å²) in [6.07, 6.45) is 1.13. The molecule has 0 aliphatic heterocycles. The second-order valence-electron chi connectivity index (χ2n) is 5.26. The van der Waals surface area contributed by atoms with E-state index in [1.165, 1.54) is 26.7 Å². The minimum absolute atomic E-state index is 0.257. The Morgan fingerprint density at radius 3 is 2.55 bits per heavy atom. The number of halogens is 1. The summed E-state index contributed by atoms with van der Waals surface area (Å²) < 4.78 is 1.17. The van der Waals surface area contributed by atoms with Crippen LogP contribution in [-0.4, -0.2) is 6.54 Å². The fourth-order valence-corrected chi connectivity index (χ4v) is 2.86. The van der Waals surface area contributed by atoms with Gasteiger partial charge in [-0.05, 0) is 49.6 Å². The summed E-state index contributed by atoms with van der Waals surface area (Å²) >= 11 is 3.64. The Morgan fingerprint density at radius 1 is 1.10 bits per heavy atom. The van der Waals surface area contributed by atoms with E-state index in [-0.39, 0.29) is 6.04 Å². The van der Waals surface area contributed by atoms with Crippen molar-refractivity contribution >= 4 is 15.9 Å². The Morgan fingerprint density at radius 2 is 1.85 bits per heavy atom. The highest BCUT2D eigenvalue weighted by Gasteiger charge is 2.16. The molecule has 0 aliphatic carbocycles. The molecule has 20 heavy (non-hydrogen) atoms. The summed E-state index contributed by atoms with van der Waals surface area (Å²) in [4.78, 5) is 0. The number of rotatable bonds is 5. The zero-order valence-corrected chi connectivity index (χ0v) is 14.0. The van der Waals surface area contributed by atoms with Crippen molar-refractivity contribution < 1.29 is 0 Å². The average molecular weight is 332 g/mol. The Bertz CT molecular complexity index is 577. The molecule has 2 aromatic rings. The number of hydrogen-bond acceptors (Lipinski definition) is 1. The van der Waals surface area contributed by atoms with Crippen LogP contribution in [0.4, 0.5) is 0 Å². The van der Waals surface area contributed by atoms with Gasteiger partial charge < -0.3 is 5.32 Å². The van der Waals surface area contributed by atoms with Crippen LogP contribution >= 0.6 is 15.9 Å². The first-order valence-corrected chi connectivity index (χ1v) is 7.97. The van der Waals surface area contributed by atoms with Crippen molar-refractivity contribution in [2.75, 3.05) is 6.54 Å². The van der Waals surface area contributed by atoms with Crippen LogP contribution in [0.5, 0.6) is 0 Å². The Labute approximate surface area is 130 Å². The summed E-state index contributed by atoms with van der Waals surface area (Å²) in [5, 5.41) is 3.68. The average Bonchev–Trinajstić information content (AvgIpc) is 2.44. The van der Waals surface area contributed by atoms with E-state index in [2.05, 4.69) is 84.5 Å². The topological polar surface area (TPSA) is 12.0 Å². The monoisotopic (exact) mass is 331 g/mol. The molecule has 0 fully saturated rings. The molecular formula is C18H22BrN. The van der Waals surface area contributed by atoms with Gasteiger partial charge in [-0.15, -0.1) is 0 Å². The quantitative estimate of drug-likeness (QED) is 0.798. The van der Waals surface area contributed by atoms with Crippen LogP contribution in [0.1, 0.15) is 41.6 Å².